The van der Waals surface area contributed by atoms with E-state index in [1.807, 2.05) is 48.7 Å². The van der Waals surface area contributed by atoms with Crippen molar-refractivity contribution >= 4 is 17.4 Å². The highest BCUT2D eigenvalue weighted by Crippen LogP contribution is 2.34. The summed E-state index contributed by atoms with van der Waals surface area (Å²) in [5, 5.41) is 0.702. The van der Waals surface area contributed by atoms with Gasteiger partial charge in [0.25, 0.3) is 0 Å². The van der Waals surface area contributed by atoms with Crippen LogP contribution in [0.4, 0.5) is 0 Å². The number of H-pyrrole nitrogens is 1. The first-order chi connectivity index (χ1) is 18.2. The molecular weight excluding hydrogens is 474 g/mol. The minimum absolute atomic E-state index is 0.222. The smallest absolute Gasteiger partial charge is 0.165 e. The number of aromatic amines is 1. The van der Waals surface area contributed by atoms with Crippen LogP contribution in [0.3, 0.4) is 0 Å². The summed E-state index contributed by atoms with van der Waals surface area (Å²) in [6.45, 7) is 2.28. The Balaban J connectivity index is 1.39. The van der Waals surface area contributed by atoms with E-state index in [0.717, 1.165) is 40.8 Å². The summed E-state index contributed by atoms with van der Waals surface area (Å²) in [6, 6.07) is 17.9. The molecule has 0 aliphatic rings. The quantitative estimate of drug-likeness (QED) is 0.124. The van der Waals surface area contributed by atoms with Crippen molar-refractivity contribution in [3.05, 3.63) is 71.4 Å². The van der Waals surface area contributed by atoms with Crippen LogP contribution in [0, 0.1) is 0 Å². The number of rotatable bonds is 19. The number of carbonyl (C=O) groups excluding carboxylic acids is 1. The van der Waals surface area contributed by atoms with Gasteiger partial charge in [0, 0.05) is 23.2 Å². The number of aromatic nitrogens is 1. The van der Waals surface area contributed by atoms with Gasteiger partial charge in [-0.25, -0.2) is 0 Å². The lowest BCUT2D eigenvalue weighted by atomic mass is 9.94. The molecule has 0 radical (unpaired) electrons. The van der Waals surface area contributed by atoms with Crippen LogP contribution in [0.2, 0.25) is 5.02 Å². The summed E-state index contributed by atoms with van der Waals surface area (Å²) in [4.78, 5) is 16.8. The third-order valence-corrected chi connectivity index (χ3v) is 7.64. The highest BCUT2D eigenvalue weighted by atomic mass is 35.5. The molecule has 0 atom stereocenters. The molecule has 0 bridgehead atoms. The average Bonchev–Trinajstić information content (AvgIpc) is 3.37. The maximum atomic E-state index is 13.4. The Kier molecular flexibility index (Phi) is 13.6. The number of halogens is 1. The Morgan fingerprint density at radius 3 is 1.70 bits per heavy atom. The third kappa shape index (κ3) is 10.2. The molecule has 37 heavy (non-hydrogen) atoms. The molecule has 0 unspecified atom stereocenters. The van der Waals surface area contributed by atoms with E-state index in [1.54, 1.807) is 0 Å². The third-order valence-electron chi connectivity index (χ3n) is 7.38. The van der Waals surface area contributed by atoms with Crippen molar-refractivity contribution in [2.45, 2.75) is 110 Å². The fourth-order valence-electron chi connectivity index (χ4n) is 5.18. The summed E-state index contributed by atoms with van der Waals surface area (Å²) in [6.07, 6.45) is 22.5. The van der Waals surface area contributed by atoms with Crippen molar-refractivity contribution in [1.82, 2.24) is 4.98 Å². The number of benzene rings is 2. The van der Waals surface area contributed by atoms with Crippen LogP contribution in [-0.2, 0) is 0 Å². The summed E-state index contributed by atoms with van der Waals surface area (Å²) in [7, 11) is 0. The molecule has 1 heterocycles. The van der Waals surface area contributed by atoms with Crippen LogP contribution in [0.5, 0.6) is 0 Å². The van der Waals surface area contributed by atoms with Gasteiger partial charge in [0.15, 0.2) is 5.78 Å². The van der Waals surface area contributed by atoms with Crippen molar-refractivity contribution < 1.29 is 4.79 Å². The zero-order chi connectivity index (χ0) is 26.1. The number of Topliss-reactive ketones (excluding diaryl/α,β-unsaturated/α-hetero) is 1. The van der Waals surface area contributed by atoms with Crippen LogP contribution >= 0.6 is 11.6 Å². The van der Waals surface area contributed by atoms with Gasteiger partial charge in [0.1, 0.15) is 0 Å². The molecular formula is C34H46ClNO. The van der Waals surface area contributed by atoms with Crippen LogP contribution in [-0.4, -0.2) is 10.8 Å². The molecule has 3 aromatic rings. The van der Waals surface area contributed by atoms with Crippen LogP contribution in [0.1, 0.15) is 120 Å². The SMILES string of the molecule is CCCCCCCCCCCCCCCCCC(=O)c1c(-c2ccc(Cl)cc2)c[nH]c1-c1ccccc1. The van der Waals surface area contributed by atoms with Gasteiger partial charge < -0.3 is 4.98 Å². The second-order valence-electron chi connectivity index (χ2n) is 10.4. The first-order valence-corrected chi connectivity index (χ1v) is 15.1. The first kappa shape index (κ1) is 29.2. The highest BCUT2D eigenvalue weighted by Gasteiger charge is 2.20. The van der Waals surface area contributed by atoms with Crippen molar-refractivity contribution in [2.75, 3.05) is 0 Å². The average molecular weight is 520 g/mol. The van der Waals surface area contributed by atoms with Gasteiger partial charge in [0.2, 0.25) is 0 Å². The van der Waals surface area contributed by atoms with Crippen LogP contribution in [0.15, 0.2) is 60.8 Å². The highest BCUT2D eigenvalue weighted by molar-refractivity contribution is 6.30. The molecule has 0 saturated heterocycles. The van der Waals surface area contributed by atoms with Gasteiger partial charge in [0.05, 0.1) is 11.3 Å². The fraction of sp³-hybridized carbons (Fsp3) is 0.500. The molecule has 0 spiro atoms. The van der Waals surface area contributed by atoms with Gasteiger partial charge in [-0.3, -0.25) is 4.79 Å². The molecule has 0 fully saturated rings. The van der Waals surface area contributed by atoms with Gasteiger partial charge in [-0.05, 0) is 29.7 Å². The van der Waals surface area contributed by atoms with Gasteiger partial charge in [-0.15, -0.1) is 0 Å². The minimum Gasteiger partial charge on any atom is -0.360 e. The summed E-state index contributed by atoms with van der Waals surface area (Å²) in [5.74, 6) is 0.222. The fourth-order valence-corrected chi connectivity index (χ4v) is 5.31. The van der Waals surface area contributed by atoms with Crippen LogP contribution < -0.4 is 0 Å². The lowest BCUT2D eigenvalue weighted by Crippen LogP contribution is -2.02. The molecule has 0 aliphatic heterocycles. The molecule has 2 nitrogen and oxygen atoms in total. The van der Waals surface area contributed by atoms with Gasteiger partial charge in [-0.1, -0.05) is 151 Å². The summed E-state index contributed by atoms with van der Waals surface area (Å²) in [5.41, 5.74) is 4.74. The van der Waals surface area contributed by atoms with E-state index in [0.29, 0.717) is 11.4 Å². The second kappa shape index (κ2) is 17.2. The van der Waals surface area contributed by atoms with E-state index in [4.69, 9.17) is 11.6 Å². The Labute approximate surface area is 230 Å². The zero-order valence-electron chi connectivity index (χ0n) is 22.9. The molecule has 0 amide bonds. The lowest BCUT2D eigenvalue weighted by molar-refractivity contribution is 0.0980. The minimum atomic E-state index is 0.222. The largest absolute Gasteiger partial charge is 0.360 e. The maximum Gasteiger partial charge on any atom is 0.165 e. The molecule has 0 aliphatic carbocycles. The second-order valence-corrected chi connectivity index (χ2v) is 10.9. The molecule has 3 rings (SSSR count). The Morgan fingerprint density at radius 1 is 0.649 bits per heavy atom. The topological polar surface area (TPSA) is 32.9 Å². The summed E-state index contributed by atoms with van der Waals surface area (Å²) < 4.78 is 0. The molecule has 1 aromatic heterocycles. The normalized spacial score (nSPS) is 11.2. The van der Waals surface area contributed by atoms with E-state index in [-0.39, 0.29) is 5.78 Å². The van der Waals surface area contributed by atoms with Crippen molar-refractivity contribution in [1.29, 1.82) is 0 Å². The zero-order valence-corrected chi connectivity index (χ0v) is 23.6. The van der Waals surface area contributed by atoms with Crippen molar-refractivity contribution in [2.24, 2.45) is 0 Å². The Bertz CT molecular complexity index is 1020. The summed E-state index contributed by atoms with van der Waals surface area (Å²) >= 11 is 6.11. The van der Waals surface area contributed by atoms with Crippen molar-refractivity contribution in [3.63, 3.8) is 0 Å². The molecule has 3 heteroatoms. The molecule has 0 saturated carbocycles. The van der Waals surface area contributed by atoms with E-state index < -0.39 is 0 Å². The Hall–Kier alpha value is -2.32. The number of carbonyl (C=O) groups is 1. The monoisotopic (exact) mass is 519 g/mol. The van der Waals surface area contributed by atoms with Gasteiger partial charge >= 0.3 is 0 Å². The number of ketones is 1. The molecule has 2 aromatic carbocycles. The lowest BCUT2D eigenvalue weighted by Gasteiger charge is -2.08. The molecule has 200 valence electrons. The Morgan fingerprint density at radius 2 is 1.16 bits per heavy atom. The number of hydrogen-bond acceptors (Lipinski definition) is 1. The predicted octanol–water partition coefficient (Wildman–Crippen LogP) is 11.4. The van der Waals surface area contributed by atoms with Gasteiger partial charge in [-0.2, -0.15) is 0 Å². The van der Waals surface area contributed by atoms with Crippen molar-refractivity contribution in [3.8, 4) is 22.4 Å². The standard InChI is InChI=1S/C34H46ClNO/c1-2-3-4-5-6-7-8-9-10-11-12-13-14-15-19-22-32(37)33-31(28-23-25-30(35)26-24-28)27-36-34(33)29-20-17-16-18-21-29/h16-18,20-21,23-27,36H,2-15,19,22H2,1H3. The first-order valence-electron chi connectivity index (χ1n) is 14.8. The maximum absolute atomic E-state index is 13.4. The van der Waals surface area contributed by atoms with E-state index in [9.17, 15) is 4.79 Å². The van der Waals surface area contributed by atoms with Crippen LogP contribution in [0.25, 0.3) is 22.4 Å². The molecule has 1 N–H and O–H groups in total. The van der Waals surface area contributed by atoms with E-state index in [2.05, 4.69) is 24.0 Å². The number of unbranched alkanes of at least 4 members (excludes halogenated alkanes) is 14. The van der Waals surface area contributed by atoms with E-state index in [1.165, 1.54) is 83.5 Å². The predicted molar refractivity (Wildman–Crippen MR) is 161 cm³/mol. The van der Waals surface area contributed by atoms with E-state index >= 15 is 0 Å². The number of hydrogen-bond donors (Lipinski definition) is 1. The number of nitrogens with one attached hydrogen (secondary N) is 1.